The molecule has 0 radical (unpaired) electrons. The molecule has 220 valence electrons. The van der Waals surface area contributed by atoms with Crippen molar-refractivity contribution >= 4 is 33.1 Å². The van der Waals surface area contributed by atoms with Crippen LogP contribution in [0.3, 0.4) is 0 Å². The molecule has 0 bridgehead atoms. The van der Waals surface area contributed by atoms with Gasteiger partial charge in [0.05, 0.1) is 11.4 Å². The highest BCUT2D eigenvalue weighted by Crippen LogP contribution is 2.53. The minimum Gasteiger partial charge on any atom is -0.457 e. The summed E-state index contributed by atoms with van der Waals surface area (Å²) in [7, 11) is 0. The van der Waals surface area contributed by atoms with E-state index in [2.05, 4.69) is 164 Å². The molecule has 0 spiro atoms. The second kappa shape index (κ2) is 10.3. The second-order valence-corrected chi connectivity index (χ2v) is 16.1. The van der Waals surface area contributed by atoms with Gasteiger partial charge in [0.15, 0.2) is 0 Å². The zero-order chi connectivity index (χ0) is 30.8. The number of halogens is 1. The molecule has 1 aromatic heterocycles. The Morgan fingerprint density at radius 2 is 1.33 bits per heavy atom. The minimum absolute atomic E-state index is 0.00994. The molecule has 1 aliphatic heterocycles. The van der Waals surface area contributed by atoms with Crippen LogP contribution in [0.5, 0.6) is 11.5 Å². The highest BCUT2D eigenvalue weighted by Gasteiger charge is 2.38. The average Bonchev–Trinajstić information content (AvgIpc) is 2.87. The van der Waals surface area contributed by atoms with Gasteiger partial charge in [-0.05, 0) is 74.9 Å². The van der Waals surface area contributed by atoms with Crippen LogP contribution in [0.2, 0.25) is 0 Å². The zero-order valence-corrected chi connectivity index (χ0v) is 28.7. The number of benzene rings is 3. The Labute approximate surface area is 261 Å². The molecule has 0 atom stereocenters. The maximum atomic E-state index is 6.79. The van der Waals surface area contributed by atoms with Crippen LogP contribution in [0.1, 0.15) is 104 Å². The zero-order valence-electron chi connectivity index (χ0n) is 27.1. The first kappa shape index (κ1) is 30.4. The van der Waals surface area contributed by atoms with Gasteiger partial charge in [-0.15, -0.1) is 0 Å². The summed E-state index contributed by atoms with van der Waals surface area (Å²) in [6, 6.07) is 24.0. The molecular formula is C38H45BrN2O. The molecule has 0 N–H and O–H groups in total. The van der Waals surface area contributed by atoms with E-state index in [1.807, 2.05) is 6.20 Å². The van der Waals surface area contributed by atoms with E-state index in [0.717, 1.165) is 33.2 Å². The van der Waals surface area contributed by atoms with E-state index in [1.54, 1.807) is 0 Å². The van der Waals surface area contributed by atoms with Gasteiger partial charge in [0.2, 0.25) is 0 Å². The van der Waals surface area contributed by atoms with Gasteiger partial charge in [0, 0.05) is 27.7 Å². The van der Waals surface area contributed by atoms with E-state index in [-0.39, 0.29) is 21.7 Å². The van der Waals surface area contributed by atoms with E-state index in [0.29, 0.717) is 0 Å². The van der Waals surface area contributed by atoms with Crippen molar-refractivity contribution in [2.45, 2.75) is 97.8 Å². The van der Waals surface area contributed by atoms with Gasteiger partial charge in [0.1, 0.15) is 17.3 Å². The quantitative estimate of drug-likeness (QED) is 0.227. The summed E-state index contributed by atoms with van der Waals surface area (Å²) in [6.45, 7) is 24.8. The molecule has 1 aliphatic rings. The van der Waals surface area contributed by atoms with Crippen molar-refractivity contribution < 1.29 is 4.74 Å². The number of hydrogen-bond donors (Lipinski definition) is 0. The fourth-order valence-electron chi connectivity index (χ4n) is 5.94. The number of ether oxygens (including phenoxy) is 1. The van der Waals surface area contributed by atoms with Crippen LogP contribution >= 0.6 is 15.9 Å². The second-order valence-electron chi connectivity index (χ2n) is 15.2. The maximum Gasteiger partial charge on any atom is 0.137 e. The molecule has 0 saturated carbocycles. The predicted octanol–water partition coefficient (Wildman–Crippen LogP) is 11.6. The fraction of sp³-hybridized carbons (Fsp3) is 0.395. The number of pyridine rings is 1. The van der Waals surface area contributed by atoms with Crippen molar-refractivity contribution in [3.05, 3.63) is 105 Å². The first-order chi connectivity index (χ1) is 19.4. The van der Waals surface area contributed by atoms with Crippen LogP contribution in [-0.2, 0) is 21.7 Å². The molecule has 4 heteroatoms. The number of hydrogen-bond acceptors (Lipinski definition) is 3. The number of aromatic nitrogens is 1. The van der Waals surface area contributed by atoms with Gasteiger partial charge in [-0.1, -0.05) is 116 Å². The van der Waals surface area contributed by atoms with Gasteiger partial charge >= 0.3 is 0 Å². The highest BCUT2D eigenvalue weighted by atomic mass is 79.9. The van der Waals surface area contributed by atoms with Crippen LogP contribution in [0, 0.1) is 0 Å². The Kier molecular flexibility index (Phi) is 7.41. The van der Waals surface area contributed by atoms with E-state index in [9.17, 15) is 0 Å². The van der Waals surface area contributed by atoms with Crippen LogP contribution in [0.15, 0.2) is 77.4 Å². The lowest BCUT2D eigenvalue weighted by atomic mass is 9.73. The summed E-state index contributed by atoms with van der Waals surface area (Å²) in [4.78, 5) is 7.21. The number of fused-ring (bicyclic) bond motifs is 2. The number of anilines is 3. The van der Waals surface area contributed by atoms with Gasteiger partial charge in [-0.25, -0.2) is 4.98 Å². The van der Waals surface area contributed by atoms with Crippen LogP contribution in [0.25, 0.3) is 0 Å². The monoisotopic (exact) mass is 624 g/mol. The Morgan fingerprint density at radius 3 is 1.98 bits per heavy atom. The summed E-state index contributed by atoms with van der Waals surface area (Å²) in [5.41, 5.74) is 8.24. The summed E-state index contributed by atoms with van der Waals surface area (Å²) in [5.74, 6) is 2.59. The predicted molar refractivity (Wildman–Crippen MR) is 181 cm³/mol. The minimum atomic E-state index is -0.184. The third-order valence-corrected chi connectivity index (χ3v) is 9.11. The molecule has 5 rings (SSSR count). The van der Waals surface area contributed by atoms with Crippen molar-refractivity contribution in [3.8, 4) is 11.5 Å². The summed E-state index contributed by atoms with van der Waals surface area (Å²) in [6.07, 6.45) is 1.93. The fourth-order valence-corrected chi connectivity index (χ4v) is 6.86. The Bertz CT molecular complexity index is 1650. The number of para-hydroxylation sites is 1. The third kappa shape index (κ3) is 5.51. The Morgan fingerprint density at radius 1 is 0.690 bits per heavy atom. The van der Waals surface area contributed by atoms with E-state index < -0.39 is 0 Å². The number of nitrogens with zero attached hydrogens (tertiary/aromatic N) is 2. The molecule has 4 aromatic rings. The third-order valence-electron chi connectivity index (χ3n) is 8.46. The van der Waals surface area contributed by atoms with Crippen molar-refractivity contribution in [1.82, 2.24) is 4.98 Å². The normalized spacial score (nSPS) is 14.8. The van der Waals surface area contributed by atoms with E-state index in [1.165, 1.54) is 27.8 Å². The van der Waals surface area contributed by atoms with Gasteiger partial charge in [0.25, 0.3) is 0 Å². The molecule has 3 aromatic carbocycles. The topological polar surface area (TPSA) is 25.4 Å². The largest absolute Gasteiger partial charge is 0.457 e. The summed E-state index contributed by atoms with van der Waals surface area (Å²) >= 11 is 3.86. The van der Waals surface area contributed by atoms with Crippen molar-refractivity contribution in [3.63, 3.8) is 0 Å². The molecule has 3 nitrogen and oxygen atoms in total. The molecule has 0 unspecified atom stereocenters. The summed E-state index contributed by atoms with van der Waals surface area (Å²) in [5, 5.41) is 0. The van der Waals surface area contributed by atoms with Crippen molar-refractivity contribution in [2.24, 2.45) is 0 Å². The summed E-state index contributed by atoms with van der Waals surface area (Å²) < 4.78 is 7.86. The molecule has 0 aliphatic carbocycles. The van der Waals surface area contributed by atoms with Gasteiger partial charge in [-0.3, -0.25) is 4.90 Å². The smallest absolute Gasteiger partial charge is 0.137 e. The first-order valence-corrected chi connectivity index (χ1v) is 15.7. The molecule has 0 fully saturated rings. The average molecular weight is 626 g/mol. The highest BCUT2D eigenvalue weighted by molar-refractivity contribution is 9.10. The lowest BCUT2D eigenvalue weighted by Gasteiger charge is -2.41. The van der Waals surface area contributed by atoms with Crippen LogP contribution < -0.4 is 9.64 Å². The van der Waals surface area contributed by atoms with Gasteiger partial charge < -0.3 is 4.74 Å². The van der Waals surface area contributed by atoms with E-state index >= 15 is 0 Å². The molecular weight excluding hydrogens is 580 g/mol. The standard InChI is InChI=1S/C38H45BrN2O/c1-35(2,3)24-18-19-40-34(20-24)41-31-15-13-12-14-26(31)38(10,11)27-17-16-25(21-32(27)41)42-33-23-30(39)28(36(4,5)6)22-29(33)37(7,8)9/h12-23H,1-11H3. The SMILES string of the molecule is CC(C)(C)c1ccnc(N2c3ccccc3C(C)(C)c3ccc(Oc4cc(Br)c(C(C)(C)C)cc4C(C)(C)C)cc32)c1. The molecule has 2 heterocycles. The lowest BCUT2D eigenvalue weighted by Crippen LogP contribution is -2.31. The molecule has 42 heavy (non-hydrogen) atoms. The Hall–Kier alpha value is -3.11. The lowest BCUT2D eigenvalue weighted by molar-refractivity contribution is 0.452. The Balaban J connectivity index is 1.69. The molecule has 0 amide bonds. The van der Waals surface area contributed by atoms with Crippen molar-refractivity contribution in [1.29, 1.82) is 0 Å². The van der Waals surface area contributed by atoms with Crippen LogP contribution in [-0.4, -0.2) is 4.98 Å². The first-order valence-electron chi connectivity index (χ1n) is 14.9. The van der Waals surface area contributed by atoms with Crippen LogP contribution in [0.4, 0.5) is 17.2 Å². The van der Waals surface area contributed by atoms with E-state index in [4.69, 9.17) is 9.72 Å². The number of rotatable bonds is 3. The van der Waals surface area contributed by atoms with Crippen molar-refractivity contribution in [2.75, 3.05) is 4.90 Å². The van der Waals surface area contributed by atoms with Gasteiger partial charge in [-0.2, -0.15) is 0 Å². The maximum absolute atomic E-state index is 6.79. The molecule has 0 saturated heterocycles.